The number of rotatable bonds is 2. The van der Waals surface area contributed by atoms with Gasteiger partial charge in [0.25, 0.3) is 0 Å². The first-order valence-electron chi connectivity index (χ1n) is 4.25. The second-order valence-corrected chi connectivity index (χ2v) is 3.68. The standard InChI is InChI=1S/C9H10O4.Na.H/c10-8(11)6-4-1-2-5(3-4)7(6)9(12)13;;/h1-2,4-7H,3H2,(H,10,11)(H,12,13);;/q;+1;-1. The Bertz CT molecular complexity index is 276. The minimum atomic E-state index is -0.982. The van der Waals surface area contributed by atoms with Gasteiger partial charge in [-0.2, -0.15) is 0 Å². The van der Waals surface area contributed by atoms with Gasteiger partial charge in [-0.15, -0.1) is 0 Å². The third-order valence-corrected chi connectivity index (χ3v) is 3.03. The van der Waals surface area contributed by atoms with E-state index in [1.165, 1.54) is 0 Å². The van der Waals surface area contributed by atoms with E-state index < -0.39 is 23.8 Å². The molecule has 0 aliphatic heterocycles. The van der Waals surface area contributed by atoms with Crippen molar-refractivity contribution in [3.05, 3.63) is 12.2 Å². The van der Waals surface area contributed by atoms with Crippen LogP contribution in [0.2, 0.25) is 0 Å². The van der Waals surface area contributed by atoms with Gasteiger partial charge in [-0.25, -0.2) is 0 Å². The number of hydrogen-bond acceptors (Lipinski definition) is 2. The molecule has 0 radical (unpaired) electrons. The maximum atomic E-state index is 10.8. The molecule has 14 heavy (non-hydrogen) atoms. The van der Waals surface area contributed by atoms with Crippen molar-refractivity contribution in [1.82, 2.24) is 0 Å². The van der Waals surface area contributed by atoms with Crippen LogP contribution in [0.1, 0.15) is 7.85 Å². The fourth-order valence-corrected chi connectivity index (χ4v) is 2.50. The van der Waals surface area contributed by atoms with Crippen LogP contribution < -0.4 is 29.6 Å². The van der Waals surface area contributed by atoms with E-state index in [1.54, 1.807) is 0 Å². The van der Waals surface area contributed by atoms with E-state index >= 15 is 0 Å². The van der Waals surface area contributed by atoms with Gasteiger partial charge in [0, 0.05) is 0 Å². The number of carbonyl (C=O) groups is 2. The van der Waals surface area contributed by atoms with Crippen LogP contribution in [0.3, 0.4) is 0 Å². The number of carboxylic acids is 2. The SMILES string of the molecule is O=C(O)C1C2C=CC(C2)C1C(=O)O.[H-].[Na+]. The van der Waals surface area contributed by atoms with Crippen LogP contribution in [0.15, 0.2) is 12.2 Å². The summed E-state index contributed by atoms with van der Waals surface area (Å²) in [6, 6.07) is 0. The van der Waals surface area contributed by atoms with Crippen LogP contribution in [-0.2, 0) is 9.59 Å². The summed E-state index contributed by atoms with van der Waals surface area (Å²) in [7, 11) is 0. The number of fused-ring (bicyclic) bond motifs is 2. The fraction of sp³-hybridized carbons (Fsp3) is 0.556. The van der Waals surface area contributed by atoms with Crippen molar-refractivity contribution >= 4 is 11.9 Å². The molecule has 4 nitrogen and oxygen atoms in total. The van der Waals surface area contributed by atoms with Crippen molar-refractivity contribution in [1.29, 1.82) is 0 Å². The maximum Gasteiger partial charge on any atom is 1.00 e. The van der Waals surface area contributed by atoms with Crippen molar-refractivity contribution < 1.29 is 50.8 Å². The van der Waals surface area contributed by atoms with Crippen LogP contribution >= 0.6 is 0 Å². The number of allylic oxidation sites excluding steroid dienone is 2. The first-order valence-corrected chi connectivity index (χ1v) is 4.25. The monoisotopic (exact) mass is 206 g/mol. The Morgan fingerprint density at radius 3 is 1.71 bits per heavy atom. The van der Waals surface area contributed by atoms with Crippen LogP contribution in [0.5, 0.6) is 0 Å². The molecule has 2 aliphatic carbocycles. The Kier molecular flexibility index (Phi) is 3.40. The molecule has 0 saturated heterocycles. The summed E-state index contributed by atoms with van der Waals surface area (Å²) in [6.07, 6.45) is 4.36. The van der Waals surface area contributed by atoms with Crippen LogP contribution in [-0.4, -0.2) is 22.2 Å². The van der Waals surface area contributed by atoms with Gasteiger partial charge in [-0.05, 0) is 18.3 Å². The van der Waals surface area contributed by atoms with Crippen LogP contribution in [0, 0.1) is 23.7 Å². The van der Waals surface area contributed by atoms with Crippen molar-refractivity contribution in [2.45, 2.75) is 6.42 Å². The average molecular weight is 206 g/mol. The molecule has 0 aromatic carbocycles. The molecule has 4 unspecified atom stereocenters. The van der Waals surface area contributed by atoms with E-state index in [0.29, 0.717) is 6.42 Å². The van der Waals surface area contributed by atoms with Gasteiger partial charge in [0.1, 0.15) is 0 Å². The van der Waals surface area contributed by atoms with E-state index in [9.17, 15) is 9.59 Å². The summed E-state index contributed by atoms with van der Waals surface area (Å²) in [5.74, 6) is -3.53. The molecule has 0 aromatic heterocycles. The molecule has 2 rings (SSSR count). The largest absolute Gasteiger partial charge is 1.00 e. The predicted octanol–water partition coefficient (Wildman–Crippen LogP) is -2.29. The molecule has 1 fully saturated rings. The molecular formula is C9H11NaO4. The molecule has 0 amide bonds. The molecule has 2 N–H and O–H groups in total. The van der Waals surface area contributed by atoms with Crippen LogP contribution in [0.4, 0.5) is 0 Å². The van der Waals surface area contributed by atoms with Crippen molar-refractivity contribution in [3.8, 4) is 0 Å². The normalized spacial score (nSPS) is 38.0. The van der Waals surface area contributed by atoms with E-state index in [2.05, 4.69) is 0 Å². The second-order valence-electron chi connectivity index (χ2n) is 3.68. The van der Waals surface area contributed by atoms with E-state index in [-0.39, 0.29) is 42.8 Å². The number of hydrogen-bond donors (Lipinski definition) is 2. The third-order valence-electron chi connectivity index (χ3n) is 3.03. The molecule has 4 atom stereocenters. The summed E-state index contributed by atoms with van der Waals surface area (Å²) in [5.41, 5.74) is 0. The maximum absolute atomic E-state index is 10.8. The minimum absolute atomic E-state index is 0. The van der Waals surface area contributed by atoms with E-state index in [4.69, 9.17) is 10.2 Å². The molecule has 2 aliphatic rings. The third kappa shape index (κ3) is 1.62. The molecule has 5 heteroatoms. The molecule has 2 bridgehead atoms. The van der Waals surface area contributed by atoms with Crippen molar-refractivity contribution in [2.75, 3.05) is 0 Å². The van der Waals surface area contributed by atoms with Crippen LogP contribution in [0.25, 0.3) is 0 Å². The smallest absolute Gasteiger partial charge is 1.00 e. The Morgan fingerprint density at radius 2 is 1.43 bits per heavy atom. The van der Waals surface area contributed by atoms with Gasteiger partial charge >= 0.3 is 41.5 Å². The topological polar surface area (TPSA) is 74.6 Å². The summed E-state index contributed by atoms with van der Waals surface area (Å²) < 4.78 is 0. The minimum Gasteiger partial charge on any atom is -1.00 e. The predicted molar refractivity (Wildman–Crippen MR) is 44.1 cm³/mol. The Labute approximate surface area is 105 Å². The molecule has 0 aromatic rings. The summed E-state index contributed by atoms with van der Waals surface area (Å²) in [5, 5.41) is 17.7. The second kappa shape index (κ2) is 4.04. The fourth-order valence-electron chi connectivity index (χ4n) is 2.50. The van der Waals surface area contributed by atoms with Crippen molar-refractivity contribution in [2.24, 2.45) is 23.7 Å². The molecule has 0 spiro atoms. The van der Waals surface area contributed by atoms with E-state index in [1.807, 2.05) is 12.2 Å². The zero-order chi connectivity index (χ0) is 9.59. The molecule has 0 heterocycles. The van der Waals surface area contributed by atoms with Gasteiger partial charge in [0.15, 0.2) is 0 Å². The number of aliphatic carboxylic acids is 2. The van der Waals surface area contributed by atoms with Gasteiger partial charge < -0.3 is 11.6 Å². The average Bonchev–Trinajstić information content (AvgIpc) is 2.60. The molecule has 1 saturated carbocycles. The quantitative estimate of drug-likeness (QED) is 0.394. The summed E-state index contributed by atoms with van der Waals surface area (Å²) >= 11 is 0. The first-order chi connectivity index (χ1) is 6.11. The Morgan fingerprint density at radius 1 is 1.07 bits per heavy atom. The van der Waals surface area contributed by atoms with Gasteiger partial charge in [0.05, 0.1) is 11.8 Å². The summed E-state index contributed by atoms with van der Waals surface area (Å²) in [6.45, 7) is 0. The zero-order valence-electron chi connectivity index (χ0n) is 8.88. The first kappa shape index (κ1) is 11.8. The molecule has 72 valence electrons. The Balaban J connectivity index is 0.000000980. The summed E-state index contributed by atoms with van der Waals surface area (Å²) in [4.78, 5) is 21.6. The molecular weight excluding hydrogens is 195 g/mol. The van der Waals surface area contributed by atoms with Gasteiger partial charge in [-0.3, -0.25) is 9.59 Å². The van der Waals surface area contributed by atoms with Gasteiger partial charge in [0.2, 0.25) is 0 Å². The van der Waals surface area contributed by atoms with E-state index in [0.717, 1.165) is 0 Å². The Hall–Kier alpha value is -0.320. The zero-order valence-corrected chi connectivity index (χ0v) is 9.88. The van der Waals surface area contributed by atoms with Crippen molar-refractivity contribution in [3.63, 3.8) is 0 Å². The van der Waals surface area contributed by atoms with Gasteiger partial charge in [-0.1, -0.05) is 12.2 Å². The number of carboxylic acid groups (broad SMARTS) is 2.